The van der Waals surface area contributed by atoms with Crippen molar-refractivity contribution in [2.75, 3.05) is 11.5 Å². The molecule has 2 amide bonds. The van der Waals surface area contributed by atoms with Crippen LogP contribution in [0.3, 0.4) is 0 Å². The number of anilines is 1. The van der Waals surface area contributed by atoms with Crippen molar-refractivity contribution in [1.82, 2.24) is 5.32 Å². The fraction of sp³-hybridized carbons (Fsp3) is 0.500. The fourth-order valence-corrected chi connectivity index (χ4v) is 3.64. The molecule has 140 valence electrons. The van der Waals surface area contributed by atoms with Gasteiger partial charge in [0.15, 0.2) is 0 Å². The second kappa shape index (κ2) is 7.40. The summed E-state index contributed by atoms with van der Waals surface area (Å²) in [5.74, 6) is 0.843. The molecule has 0 spiro atoms. The number of ether oxygens (including phenoxy) is 2. The van der Waals surface area contributed by atoms with E-state index >= 15 is 0 Å². The first-order chi connectivity index (χ1) is 12.4. The summed E-state index contributed by atoms with van der Waals surface area (Å²) in [5, 5.41) is 2.95. The predicted octanol–water partition coefficient (Wildman–Crippen LogP) is 3.77. The minimum Gasteiger partial charge on any atom is -0.493 e. The third-order valence-electron chi connectivity index (χ3n) is 4.64. The Morgan fingerprint density at radius 2 is 2.12 bits per heavy atom. The maximum Gasteiger partial charge on any atom is 0.407 e. The normalized spacial score (nSPS) is 21.7. The maximum absolute atomic E-state index is 12.2. The predicted molar refractivity (Wildman–Crippen MR) is 99.7 cm³/mol. The third kappa shape index (κ3) is 3.69. The zero-order valence-electron chi connectivity index (χ0n) is 15.7. The van der Waals surface area contributed by atoms with E-state index in [1.807, 2.05) is 39.0 Å². The van der Waals surface area contributed by atoms with Gasteiger partial charge in [-0.25, -0.2) is 4.79 Å². The van der Waals surface area contributed by atoms with E-state index in [2.05, 4.69) is 11.4 Å². The van der Waals surface area contributed by atoms with Crippen molar-refractivity contribution in [2.24, 2.45) is 0 Å². The monoisotopic (exact) mass is 358 g/mol. The van der Waals surface area contributed by atoms with E-state index in [4.69, 9.17) is 9.47 Å². The molecule has 0 aromatic heterocycles. The smallest absolute Gasteiger partial charge is 0.407 e. The Morgan fingerprint density at radius 1 is 1.35 bits per heavy atom. The van der Waals surface area contributed by atoms with Crippen LogP contribution in [-0.4, -0.2) is 30.8 Å². The Morgan fingerprint density at radius 3 is 2.73 bits per heavy atom. The number of carbonyl (C=O) groups excluding carboxylic acids is 2. The number of nitrogens with zero attached hydrogens (tertiary/aromatic N) is 1. The number of amides is 2. The summed E-state index contributed by atoms with van der Waals surface area (Å²) in [5.41, 5.74) is 2.70. The van der Waals surface area contributed by atoms with Gasteiger partial charge in [-0.3, -0.25) is 4.79 Å². The standard InChI is InChI=1S/C20H26N2O4/c1-12(2)26-20(24)21-17-10-13(3)22(14(4)23)18-8-7-15(11-16(17)18)19-6-5-9-25-19/h6-8,11-13,17H,5,9-10H2,1-4H3,(H,21,24)/t13-,17+/m0/s1. The van der Waals surface area contributed by atoms with Crippen LogP contribution in [0.4, 0.5) is 10.5 Å². The largest absolute Gasteiger partial charge is 0.493 e. The van der Waals surface area contributed by atoms with Gasteiger partial charge in [0.25, 0.3) is 0 Å². The van der Waals surface area contributed by atoms with E-state index in [0.717, 1.165) is 29.0 Å². The van der Waals surface area contributed by atoms with Crippen LogP contribution in [0.2, 0.25) is 0 Å². The first-order valence-corrected chi connectivity index (χ1v) is 9.11. The van der Waals surface area contributed by atoms with Crippen molar-refractivity contribution in [1.29, 1.82) is 0 Å². The van der Waals surface area contributed by atoms with Crippen LogP contribution in [0.5, 0.6) is 0 Å². The van der Waals surface area contributed by atoms with Gasteiger partial charge in [0.2, 0.25) is 5.91 Å². The van der Waals surface area contributed by atoms with Crippen LogP contribution < -0.4 is 10.2 Å². The fourth-order valence-electron chi connectivity index (χ4n) is 3.64. The van der Waals surface area contributed by atoms with E-state index in [-0.39, 0.29) is 24.1 Å². The van der Waals surface area contributed by atoms with Crippen LogP contribution in [-0.2, 0) is 14.3 Å². The molecule has 2 aliphatic heterocycles. The summed E-state index contributed by atoms with van der Waals surface area (Å²) in [6.07, 6.45) is 2.95. The molecule has 1 aromatic rings. The number of hydrogen-bond donors (Lipinski definition) is 1. The minimum atomic E-state index is -0.443. The molecule has 2 heterocycles. The number of hydrogen-bond acceptors (Lipinski definition) is 4. The first kappa shape index (κ1) is 18.3. The Kier molecular flexibility index (Phi) is 5.20. The van der Waals surface area contributed by atoms with E-state index in [1.54, 1.807) is 11.8 Å². The number of nitrogens with one attached hydrogen (secondary N) is 1. The maximum atomic E-state index is 12.2. The Hall–Kier alpha value is -2.50. The highest BCUT2D eigenvalue weighted by atomic mass is 16.6. The first-order valence-electron chi connectivity index (χ1n) is 9.11. The van der Waals surface area contributed by atoms with Crippen molar-refractivity contribution in [3.05, 3.63) is 35.4 Å². The lowest BCUT2D eigenvalue weighted by molar-refractivity contribution is -0.117. The number of fused-ring (bicyclic) bond motifs is 1. The SMILES string of the molecule is CC(=O)N1c2ccc(C3=CCCO3)cc2[C@H](NC(=O)OC(C)C)C[C@@H]1C. The zero-order chi connectivity index (χ0) is 18.8. The Balaban J connectivity index is 1.97. The molecule has 1 N–H and O–H groups in total. The van der Waals surface area contributed by atoms with Crippen LogP contribution in [0.15, 0.2) is 24.3 Å². The Bertz CT molecular complexity index is 741. The third-order valence-corrected chi connectivity index (χ3v) is 4.64. The number of rotatable bonds is 3. The van der Waals surface area contributed by atoms with E-state index in [9.17, 15) is 9.59 Å². The van der Waals surface area contributed by atoms with Gasteiger partial charge in [-0.2, -0.15) is 0 Å². The van der Waals surface area contributed by atoms with Crippen LogP contribution in [0.1, 0.15) is 57.7 Å². The molecule has 0 fully saturated rings. The highest BCUT2D eigenvalue weighted by Crippen LogP contribution is 2.39. The average molecular weight is 358 g/mol. The number of benzene rings is 1. The molecule has 0 saturated carbocycles. The number of carbonyl (C=O) groups is 2. The molecule has 26 heavy (non-hydrogen) atoms. The molecule has 1 aromatic carbocycles. The second-order valence-electron chi connectivity index (χ2n) is 7.10. The lowest BCUT2D eigenvalue weighted by atomic mass is 9.90. The van der Waals surface area contributed by atoms with Crippen molar-refractivity contribution >= 4 is 23.4 Å². The molecule has 0 unspecified atom stereocenters. The van der Waals surface area contributed by atoms with Crippen LogP contribution in [0, 0.1) is 0 Å². The summed E-state index contributed by atoms with van der Waals surface area (Å²) in [4.78, 5) is 26.1. The molecular weight excluding hydrogens is 332 g/mol. The summed E-state index contributed by atoms with van der Waals surface area (Å²) in [6, 6.07) is 5.68. The van der Waals surface area contributed by atoms with Gasteiger partial charge in [-0.1, -0.05) is 0 Å². The summed E-state index contributed by atoms with van der Waals surface area (Å²) >= 11 is 0. The zero-order valence-corrected chi connectivity index (χ0v) is 15.7. The molecular formula is C20H26N2O4. The molecule has 3 rings (SSSR count). The molecule has 0 radical (unpaired) electrons. The van der Waals surface area contributed by atoms with Gasteiger partial charge in [-0.15, -0.1) is 0 Å². The lowest BCUT2D eigenvalue weighted by Gasteiger charge is -2.39. The van der Waals surface area contributed by atoms with E-state index < -0.39 is 6.09 Å². The highest BCUT2D eigenvalue weighted by molar-refractivity contribution is 5.94. The van der Waals surface area contributed by atoms with Gasteiger partial charge in [0, 0.05) is 30.6 Å². The Labute approximate surface area is 154 Å². The number of alkyl carbamates (subject to hydrolysis) is 1. The van der Waals surface area contributed by atoms with Crippen LogP contribution >= 0.6 is 0 Å². The molecule has 0 bridgehead atoms. The van der Waals surface area contributed by atoms with E-state index in [1.165, 1.54) is 0 Å². The molecule has 0 aliphatic carbocycles. The lowest BCUT2D eigenvalue weighted by Crippen LogP contribution is -2.45. The highest BCUT2D eigenvalue weighted by Gasteiger charge is 2.34. The van der Waals surface area contributed by atoms with Gasteiger partial charge in [0.05, 0.1) is 18.8 Å². The topological polar surface area (TPSA) is 67.9 Å². The average Bonchev–Trinajstić information content (AvgIpc) is 3.07. The van der Waals surface area contributed by atoms with Crippen LogP contribution in [0.25, 0.3) is 5.76 Å². The summed E-state index contributed by atoms with van der Waals surface area (Å²) in [6.45, 7) is 7.87. The molecule has 2 atom stereocenters. The summed E-state index contributed by atoms with van der Waals surface area (Å²) in [7, 11) is 0. The van der Waals surface area contributed by atoms with Gasteiger partial charge in [0.1, 0.15) is 5.76 Å². The van der Waals surface area contributed by atoms with Crippen molar-refractivity contribution < 1.29 is 19.1 Å². The molecule has 6 nitrogen and oxygen atoms in total. The second-order valence-corrected chi connectivity index (χ2v) is 7.10. The van der Waals surface area contributed by atoms with Gasteiger partial charge >= 0.3 is 6.09 Å². The molecule has 2 aliphatic rings. The van der Waals surface area contributed by atoms with E-state index in [0.29, 0.717) is 13.0 Å². The van der Waals surface area contributed by atoms with Gasteiger partial charge < -0.3 is 19.7 Å². The minimum absolute atomic E-state index is 0.00830. The quantitative estimate of drug-likeness (QED) is 0.893. The van der Waals surface area contributed by atoms with Crippen molar-refractivity contribution in [2.45, 2.75) is 58.7 Å². The van der Waals surface area contributed by atoms with Gasteiger partial charge in [-0.05, 0) is 57.0 Å². The van der Waals surface area contributed by atoms with Crippen molar-refractivity contribution in [3.63, 3.8) is 0 Å². The summed E-state index contributed by atoms with van der Waals surface area (Å²) < 4.78 is 10.9. The molecule has 6 heteroatoms. The molecule has 0 saturated heterocycles. The van der Waals surface area contributed by atoms with Crippen molar-refractivity contribution in [3.8, 4) is 0 Å².